The minimum Gasteiger partial charge on any atom is -0.316 e. The van der Waals surface area contributed by atoms with E-state index in [0.29, 0.717) is 4.80 Å². The number of carbonyl (C=O) groups is 1. The number of halogens is 1. The zero-order valence-corrected chi connectivity index (χ0v) is 13.7. The summed E-state index contributed by atoms with van der Waals surface area (Å²) in [5, 5.41) is 0. The smallest absolute Gasteiger partial charge is 0.251 e. The molecule has 1 amide bonds. The second-order valence-corrected chi connectivity index (χ2v) is 6.94. The van der Waals surface area contributed by atoms with Crippen LogP contribution in [0.25, 0.3) is 10.2 Å². The molecule has 1 aliphatic rings. The Morgan fingerprint density at radius 1 is 1.36 bits per heavy atom. The highest BCUT2D eigenvalue weighted by atomic mass is 32.1. The van der Waals surface area contributed by atoms with E-state index in [4.69, 9.17) is 0 Å². The molecule has 0 saturated heterocycles. The van der Waals surface area contributed by atoms with Crippen molar-refractivity contribution < 1.29 is 9.18 Å². The molecule has 1 saturated carbocycles. The lowest BCUT2D eigenvalue weighted by Crippen LogP contribution is -2.22. The van der Waals surface area contributed by atoms with Crippen LogP contribution in [0.1, 0.15) is 45.4 Å². The van der Waals surface area contributed by atoms with E-state index < -0.39 is 0 Å². The first kappa shape index (κ1) is 15.4. The molecule has 5 heteroatoms. The van der Waals surface area contributed by atoms with Crippen LogP contribution in [0.4, 0.5) is 4.39 Å². The number of thiazole rings is 1. The van der Waals surface area contributed by atoms with Crippen molar-refractivity contribution in [3.63, 3.8) is 0 Å². The molecule has 0 aliphatic heterocycles. The van der Waals surface area contributed by atoms with Gasteiger partial charge in [-0.1, -0.05) is 37.5 Å². The quantitative estimate of drug-likeness (QED) is 0.832. The van der Waals surface area contributed by atoms with Gasteiger partial charge in [0.2, 0.25) is 0 Å². The van der Waals surface area contributed by atoms with Gasteiger partial charge in [0, 0.05) is 12.5 Å². The maximum absolute atomic E-state index is 13.4. The van der Waals surface area contributed by atoms with Gasteiger partial charge in [0.1, 0.15) is 5.82 Å². The number of fused-ring (bicyclic) bond motifs is 1. The molecular formula is C17H21FN2OS. The van der Waals surface area contributed by atoms with Crippen LogP contribution in [0, 0.1) is 11.7 Å². The van der Waals surface area contributed by atoms with Gasteiger partial charge in [0.25, 0.3) is 5.91 Å². The number of amides is 1. The molecule has 2 aromatic rings. The SMILES string of the molecule is CCCn1c(=NC(=O)C2CCCCC2)sc2cc(F)ccc21. The Hall–Kier alpha value is -1.49. The van der Waals surface area contributed by atoms with Crippen molar-refractivity contribution in [3.8, 4) is 0 Å². The minimum absolute atomic E-state index is 0.00317. The van der Waals surface area contributed by atoms with Crippen LogP contribution in [0.2, 0.25) is 0 Å². The summed E-state index contributed by atoms with van der Waals surface area (Å²) in [4.78, 5) is 17.5. The molecule has 1 fully saturated rings. The molecule has 1 aliphatic carbocycles. The van der Waals surface area contributed by atoms with E-state index in [2.05, 4.69) is 11.9 Å². The number of hydrogen-bond donors (Lipinski definition) is 0. The van der Waals surface area contributed by atoms with Crippen molar-refractivity contribution in [1.29, 1.82) is 0 Å². The van der Waals surface area contributed by atoms with Crippen LogP contribution in [-0.2, 0) is 11.3 Å². The molecule has 1 aromatic heterocycles. The van der Waals surface area contributed by atoms with Crippen LogP contribution in [0.15, 0.2) is 23.2 Å². The Balaban J connectivity index is 2.02. The third kappa shape index (κ3) is 3.14. The first-order chi connectivity index (χ1) is 10.7. The van der Waals surface area contributed by atoms with Gasteiger partial charge in [-0.15, -0.1) is 0 Å². The maximum atomic E-state index is 13.4. The predicted octanol–water partition coefficient (Wildman–Crippen LogP) is 4.26. The minimum atomic E-state index is -0.248. The Morgan fingerprint density at radius 3 is 2.86 bits per heavy atom. The second-order valence-electron chi connectivity index (χ2n) is 5.93. The first-order valence-corrected chi connectivity index (χ1v) is 8.88. The Kier molecular flexibility index (Phi) is 4.71. The second kappa shape index (κ2) is 6.73. The molecule has 3 nitrogen and oxygen atoms in total. The van der Waals surface area contributed by atoms with Crippen molar-refractivity contribution in [3.05, 3.63) is 28.8 Å². The van der Waals surface area contributed by atoms with E-state index in [-0.39, 0.29) is 17.6 Å². The van der Waals surface area contributed by atoms with Gasteiger partial charge >= 0.3 is 0 Å². The highest BCUT2D eigenvalue weighted by molar-refractivity contribution is 7.16. The lowest BCUT2D eigenvalue weighted by atomic mass is 9.89. The van der Waals surface area contributed by atoms with Gasteiger partial charge in [0.15, 0.2) is 4.80 Å². The number of aromatic nitrogens is 1. The summed E-state index contributed by atoms with van der Waals surface area (Å²) < 4.78 is 16.3. The van der Waals surface area contributed by atoms with E-state index in [0.717, 1.165) is 48.9 Å². The lowest BCUT2D eigenvalue weighted by molar-refractivity contribution is -0.122. The fourth-order valence-electron chi connectivity index (χ4n) is 3.11. The first-order valence-electron chi connectivity index (χ1n) is 8.06. The van der Waals surface area contributed by atoms with E-state index >= 15 is 0 Å². The predicted molar refractivity (Wildman–Crippen MR) is 87.2 cm³/mol. The molecule has 22 heavy (non-hydrogen) atoms. The van der Waals surface area contributed by atoms with Crippen LogP contribution >= 0.6 is 11.3 Å². The Bertz CT molecular complexity index is 741. The monoisotopic (exact) mass is 320 g/mol. The summed E-state index contributed by atoms with van der Waals surface area (Å²) in [5.41, 5.74) is 0.962. The molecule has 1 aromatic carbocycles. The van der Waals surface area contributed by atoms with Gasteiger partial charge in [0.05, 0.1) is 10.2 Å². The third-order valence-corrected chi connectivity index (χ3v) is 5.29. The average Bonchev–Trinajstić information content (AvgIpc) is 2.85. The van der Waals surface area contributed by atoms with Crippen LogP contribution < -0.4 is 4.80 Å². The highest BCUT2D eigenvalue weighted by Crippen LogP contribution is 2.25. The van der Waals surface area contributed by atoms with Crippen molar-refractivity contribution >= 4 is 27.5 Å². The standard InChI is InChI=1S/C17H21FN2OS/c1-2-10-20-14-9-8-13(18)11-15(14)22-17(20)19-16(21)12-6-4-3-5-7-12/h8-9,11-12H,2-7,10H2,1H3. The van der Waals surface area contributed by atoms with Gasteiger partial charge in [-0.3, -0.25) is 4.79 Å². The normalized spacial score (nSPS) is 17.3. The molecule has 0 N–H and O–H groups in total. The molecule has 3 rings (SSSR count). The molecule has 0 spiro atoms. The largest absolute Gasteiger partial charge is 0.316 e. The molecule has 0 bridgehead atoms. The molecule has 1 heterocycles. The number of hydrogen-bond acceptors (Lipinski definition) is 2. The van der Waals surface area contributed by atoms with E-state index in [1.807, 2.05) is 4.57 Å². The van der Waals surface area contributed by atoms with E-state index in [9.17, 15) is 9.18 Å². The zero-order valence-electron chi connectivity index (χ0n) is 12.8. The molecular weight excluding hydrogens is 299 g/mol. The topological polar surface area (TPSA) is 34.4 Å². The van der Waals surface area contributed by atoms with Crippen molar-refractivity contribution in [2.75, 3.05) is 0 Å². The van der Waals surface area contributed by atoms with Gasteiger partial charge < -0.3 is 4.57 Å². The number of rotatable bonds is 3. The highest BCUT2D eigenvalue weighted by Gasteiger charge is 2.21. The van der Waals surface area contributed by atoms with Gasteiger partial charge in [-0.25, -0.2) is 4.39 Å². The number of aryl methyl sites for hydroxylation is 1. The van der Waals surface area contributed by atoms with Crippen LogP contribution in [0.5, 0.6) is 0 Å². The molecule has 118 valence electrons. The summed E-state index contributed by atoms with van der Waals surface area (Å²) in [6.45, 7) is 2.88. The number of benzene rings is 1. The summed E-state index contributed by atoms with van der Waals surface area (Å²) in [6, 6.07) is 4.77. The number of carbonyl (C=O) groups excluding carboxylic acids is 1. The summed E-state index contributed by atoms with van der Waals surface area (Å²) in [5.74, 6) is -0.176. The van der Waals surface area contributed by atoms with Gasteiger partial charge in [-0.2, -0.15) is 4.99 Å². The maximum Gasteiger partial charge on any atom is 0.251 e. The molecule has 0 atom stereocenters. The molecule has 0 radical (unpaired) electrons. The van der Waals surface area contributed by atoms with E-state index in [1.54, 1.807) is 6.07 Å². The summed E-state index contributed by atoms with van der Waals surface area (Å²) in [6.07, 6.45) is 6.33. The third-order valence-electron chi connectivity index (χ3n) is 4.25. The fourth-order valence-corrected chi connectivity index (χ4v) is 4.19. The Morgan fingerprint density at radius 2 is 2.14 bits per heavy atom. The average molecular weight is 320 g/mol. The Labute approximate surface area is 133 Å². The van der Waals surface area contributed by atoms with Gasteiger partial charge in [-0.05, 0) is 37.5 Å². The van der Waals surface area contributed by atoms with Crippen molar-refractivity contribution in [2.24, 2.45) is 10.9 Å². The summed E-state index contributed by atoms with van der Waals surface area (Å²) in [7, 11) is 0. The van der Waals surface area contributed by atoms with Crippen molar-refractivity contribution in [2.45, 2.75) is 52.0 Å². The summed E-state index contributed by atoms with van der Waals surface area (Å²) >= 11 is 1.41. The van der Waals surface area contributed by atoms with Crippen LogP contribution in [-0.4, -0.2) is 10.5 Å². The van der Waals surface area contributed by atoms with E-state index in [1.165, 1.54) is 29.9 Å². The van der Waals surface area contributed by atoms with Crippen molar-refractivity contribution in [1.82, 2.24) is 4.57 Å². The van der Waals surface area contributed by atoms with Crippen LogP contribution in [0.3, 0.4) is 0 Å². The zero-order chi connectivity index (χ0) is 15.5. The number of nitrogens with zero attached hydrogens (tertiary/aromatic N) is 2. The lowest BCUT2D eigenvalue weighted by Gasteiger charge is -2.17. The molecule has 0 unspecified atom stereocenters. The fraction of sp³-hybridized carbons (Fsp3) is 0.529.